The molecule has 3 heterocycles. The molecule has 6 rings (SSSR count). The van der Waals surface area contributed by atoms with E-state index in [0.717, 1.165) is 44.5 Å². The van der Waals surface area contributed by atoms with Gasteiger partial charge in [0.1, 0.15) is 11.6 Å². The Labute approximate surface area is 267 Å². The van der Waals surface area contributed by atoms with E-state index in [-0.39, 0.29) is 23.8 Å². The van der Waals surface area contributed by atoms with Crippen LogP contribution in [0.4, 0.5) is 5.69 Å². The lowest BCUT2D eigenvalue weighted by Crippen LogP contribution is -2.58. The number of carbonyl (C=O) groups excluding carboxylic acids is 3. The van der Waals surface area contributed by atoms with Crippen LogP contribution >= 0.6 is 0 Å². The average molecular weight is 613 g/mol. The van der Waals surface area contributed by atoms with Crippen molar-refractivity contribution in [2.24, 2.45) is 23.7 Å². The maximum absolute atomic E-state index is 14.4. The molecule has 2 aromatic rings. The van der Waals surface area contributed by atoms with Crippen LogP contribution < -0.4 is 10.6 Å². The number of hydrogen-bond acceptors (Lipinski definition) is 5. The number of ether oxygens (including phenoxy) is 1. The predicted octanol–water partition coefficient (Wildman–Crippen LogP) is 4.94. The molecule has 2 saturated heterocycles. The predicted molar refractivity (Wildman–Crippen MR) is 175 cm³/mol. The van der Waals surface area contributed by atoms with E-state index in [4.69, 9.17) is 4.74 Å². The normalized spacial score (nSPS) is 31.8. The van der Waals surface area contributed by atoms with Crippen molar-refractivity contribution >= 4 is 23.4 Å². The van der Waals surface area contributed by atoms with Crippen LogP contribution in [0.5, 0.6) is 0 Å². The van der Waals surface area contributed by atoms with Crippen molar-refractivity contribution < 1.29 is 19.1 Å². The standard InChI is InChI=1S/C37H48N4O4/c1-5-40(23-27-14-7-6-8-15-27)20-11-21-41-33(35(43)39-29-17-10-13-25(3)26(29)4)37-19-18-30(45-37)31(32(37)36(41)44)34(42)38-28-16-9-12-24(2)22-28/h6-9,12,14-16,18-19,22,25-26,29-33H,5,10-11,13,17,20-21,23H2,1-4H3,(H,38,42)(H,39,43). The van der Waals surface area contributed by atoms with Gasteiger partial charge in [-0.25, -0.2) is 0 Å². The van der Waals surface area contributed by atoms with Gasteiger partial charge in [-0.2, -0.15) is 0 Å². The van der Waals surface area contributed by atoms with Gasteiger partial charge >= 0.3 is 0 Å². The Bertz CT molecular complexity index is 1430. The van der Waals surface area contributed by atoms with Crippen molar-refractivity contribution in [2.75, 3.05) is 25.0 Å². The molecule has 0 aromatic heterocycles. The molecular weight excluding hydrogens is 564 g/mol. The minimum atomic E-state index is -1.15. The third-order valence-corrected chi connectivity index (χ3v) is 10.8. The van der Waals surface area contributed by atoms with Crippen LogP contribution in [0.15, 0.2) is 66.7 Å². The zero-order valence-electron chi connectivity index (χ0n) is 27.1. The van der Waals surface area contributed by atoms with Crippen molar-refractivity contribution in [1.82, 2.24) is 15.1 Å². The topological polar surface area (TPSA) is 91.0 Å². The van der Waals surface area contributed by atoms with Crippen LogP contribution in [0.25, 0.3) is 0 Å². The highest BCUT2D eigenvalue weighted by molar-refractivity contribution is 6.02. The molecule has 8 atom stereocenters. The van der Waals surface area contributed by atoms with Gasteiger partial charge in [-0.3, -0.25) is 19.3 Å². The Morgan fingerprint density at radius 3 is 2.62 bits per heavy atom. The van der Waals surface area contributed by atoms with Crippen LogP contribution in [0.2, 0.25) is 0 Å². The summed E-state index contributed by atoms with van der Waals surface area (Å²) in [6.07, 6.45) is 7.13. The van der Waals surface area contributed by atoms with E-state index in [2.05, 4.69) is 60.6 Å². The molecular formula is C37H48N4O4. The Morgan fingerprint density at radius 2 is 1.87 bits per heavy atom. The number of nitrogens with one attached hydrogen (secondary N) is 2. The Hall–Kier alpha value is -3.49. The van der Waals surface area contributed by atoms with Crippen molar-refractivity contribution in [3.8, 4) is 0 Å². The number of amides is 3. The van der Waals surface area contributed by atoms with Crippen LogP contribution in [0, 0.1) is 30.6 Å². The summed E-state index contributed by atoms with van der Waals surface area (Å²) < 4.78 is 6.57. The van der Waals surface area contributed by atoms with E-state index in [1.807, 2.05) is 49.4 Å². The Morgan fingerprint density at radius 1 is 1.07 bits per heavy atom. The third-order valence-electron chi connectivity index (χ3n) is 10.8. The molecule has 1 aliphatic carbocycles. The van der Waals surface area contributed by atoms with Gasteiger partial charge in [0.05, 0.1) is 17.9 Å². The van der Waals surface area contributed by atoms with Crippen LogP contribution in [-0.2, 0) is 25.7 Å². The van der Waals surface area contributed by atoms with Crippen LogP contribution in [-0.4, -0.2) is 70.9 Å². The van der Waals surface area contributed by atoms with Gasteiger partial charge < -0.3 is 20.3 Å². The van der Waals surface area contributed by atoms with E-state index < -0.39 is 29.6 Å². The van der Waals surface area contributed by atoms with Crippen molar-refractivity contribution in [3.05, 3.63) is 77.9 Å². The molecule has 0 radical (unpaired) electrons. The van der Waals surface area contributed by atoms with Crippen molar-refractivity contribution in [2.45, 2.75) is 83.7 Å². The van der Waals surface area contributed by atoms with E-state index in [1.165, 1.54) is 5.56 Å². The van der Waals surface area contributed by atoms with E-state index in [0.29, 0.717) is 30.5 Å². The minimum Gasteiger partial charge on any atom is -0.359 e. The molecule has 3 amide bonds. The first-order chi connectivity index (χ1) is 21.7. The van der Waals surface area contributed by atoms with Crippen molar-refractivity contribution in [3.63, 3.8) is 0 Å². The number of hydrogen-bond donors (Lipinski definition) is 2. The molecule has 8 unspecified atom stereocenters. The number of aryl methyl sites for hydroxylation is 1. The molecule has 8 nitrogen and oxygen atoms in total. The largest absolute Gasteiger partial charge is 0.359 e. The molecule has 2 N–H and O–H groups in total. The molecule has 1 saturated carbocycles. The second kappa shape index (κ2) is 13.1. The maximum atomic E-state index is 14.4. The highest BCUT2D eigenvalue weighted by Gasteiger charge is 2.72. The molecule has 4 aliphatic rings. The van der Waals surface area contributed by atoms with Crippen LogP contribution in [0.3, 0.4) is 0 Å². The lowest BCUT2D eigenvalue weighted by molar-refractivity contribution is -0.141. The highest BCUT2D eigenvalue weighted by Crippen LogP contribution is 2.55. The van der Waals surface area contributed by atoms with Gasteiger partial charge in [-0.15, -0.1) is 0 Å². The van der Waals surface area contributed by atoms with Crippen LogP contribution in [0.1, 0.15) is 57.6 Å². The molecule has 45 heavy (non-hydrogen) atoms. The first kappa shape index (κ1) is 31.5. The number of nitrogens with zero attached hydrogens (tertiary/aromatic N) is 2. The van der Waals surface area contributed by atoms with E-state index in [1.54, 1.807) is 4.90 Å². The number of fused-ring (bicyclic) bond motifs is 1. The summed E-state index contributed by atoms with van der Waals surface area (Å²) in [5, 5.41) is 6.39. The summed E-state index contributed by atoms with van der Waals surface area (Å²) in [7, 11) is 0. The minimum absolute atomic E-state index is 0.0538. The lowest BCUT2D eigenvalue weighted by atomic mass is 9.73. The third kappa shape index (κ3) is 6.07. The van der Waals surface area contributed by atoms with Gasteiger partial charge in [0.25, 0.3) is 0 Å². The first-order valence-electron chi connectivity index (χ1n) is 16.8. The SMILES string of the molecule is CCN(CCCN1C(=O)C2C(C(=O)Nc3cccc(C)c3)C3C=CC2(O3)C1C(=O)NC1CCCC(C)C1C)Cc1ccccc1. The maximum Gasteiger partial charge on any atom is 0.246 e. The molecule has 3 aliphatic heterocycles. The number of benzene rings is 2. The van der Waals surface area contributed by atoms with Gasteiger partial charge in [-0.05, 0) is 61.4 Å². The second-order valence-electron chi connectivity index (χ2n) is 13.7. The van der Waals surface area contributed by atoms with E-state index >= 15 is 0 Å². The number of anilines is 1. The quantitative estimate of drug-likeness (QED) is 0.351. The summed E-state index contributed by atoms with van der Waals surface area (Å²) in [5.41, 5.74) is 1.82. The summed E-state index contributed by atoms with van der Waals surface area (Å²) in [6.45, 7) is 11.5. The number of carbonyl (C=O) groups is 3. The molecule has 1 spiro atoms. The Balaban J connectivity index is 1.24. The summed E-state index contributed by atoms with van der Waals surface area (Å²) in [5.74, 6) is -1.16. The fourth-order valence-electron chi connectivity index (χ4n) is 8.16. The first-order valence-corrected chi connectivity index (χ1v) is 16.8. The molecule has 3 fully saturated rings. The molecule has 2 bridgehead atoms. The monoisotopic (exact) mass is 612 g/mol. The fraction of sp³-hybridized carbons (Fsp3) is 0.541. The summed E-state index contributed by atoms with van der Waals surface area (Å²) >= 11 is 0. The highest BCUT2D eigenvalue weighted by atomic mass is 16.5. The molecule has 8 heteroatoms. The summed E-state index contributed by atoms with van der Waals surface area (Å²) in [6, 6.07) is 17.3. The van der Waals surface area contributed by atoms with Gasteiger partial charge in [-0.1, -0.05) is 88.2 Å². The van der Waals surface area contributed by atoms with E-state index in [9.17, 15) is 14.4 Å². The van der Waals surface area contributed by atoms with Gasteiger partial charge in [0.2, 0.25) is 17.7 Å². The summed E-state index contributed by atoms with van der Waals surface area (Å²) in [4.78, 5) is 46.6. The fourth-order valence-corrected chi connectivity index (χ4v) is 8.16. The molecule has 240 valence electrons. The zero-order valence-corrected chi connectivity index (χ0v) is 27.1. The van der Waals surface area contributed by atoms with Gasteiger partial charge in [0, 0.05) is 31.4 Å². The lowest BCUT2D eigenvalue weighted by Gasteiger charge is -2.38. The average Bonchev–Trinajstić information content (AvgIpc) is 3.67. The second-order valence-corrected chi connectivity index (χ2v) is 13.7. The Kier molecular flexibility index (Phi) is 9.16. The van der Waals surface area contributed by atoms with Crippen molar-refractivity contribution in [1.29, 1.82) is 0 Å². The van der Waals surface area contributed by atoms with Gasteiger partial charge in [0.15, 0.2) is 0 Å². The zero-order chi connectivity index (χ0) is 31.7. The molecule has 2 aromatic carbocycles. The smallest absolute Gasteiger partial charge is 0.246 e. The number of likely N-dealkylation sites (tertiary alicyclic amines) is 1. The number of rotatable bonds is 11.